The third-order valence-electron chi connectivity index (χ3n) is 2.70. The van der Waals surface area contributed by atoms with Gasteiger partial charge in [0.1, 0.15) is 11.9 Å². The SMILES string of the molecule is C[C@]1(O)CC[C@@H]1Oc1ccc(Br)cc1. The maximum absolute atomic E-state index is 9.75. The van der Waals surface area contributed by atoms with Crippen LogP contribution in [0.2, 0.25) is 0 Å². The van der Waals surface area contributed by atoms with Crippen molar-refractivity contribution in [3.8, 4) is 5.75 Å². The number of rotatable bonds is 2. The molecule has 0 aromatic heterocycles. The van der Waals surface area contributed by atoms with Gasteiger partial charge < -0.3 is 9.84 Å². The molecular weight excluding hydrogens is 244 g/mol. The average Bonchev–Trinajstić information content (AvgIpc) is 2.15. The lowest BCUT2D eigenvalue weighted by Gasteiger charge is -2.42. The van der Waals surface area contributed by atoms with E-state index in [0.29, 0.717) is 0 Å². The largest absolute Gasteiger partial charge is 0.487 e. The Kier molecular flexibility index (Phi) is 2.54. The van der Waals surface area contributed by atoms with Crippen molar-refractivity contribution in [3.05, 3.63) is 28.7 Å². The average molecular weight is 257 g/mol. The Balaban J connectivity index is 2.01. The van der Waals surface area contributed by atoms with Gasteiger partial charge in [0.15, 0.2) is 0 Å². The molecule has 1 aliphatic rings. The van der Waals surface area contributed by atoms with E-state index in [9.17, 15) is 5.11 Å². The molecule has 0 radical (unpaired) electrons. The molecule has 76 valence electrons. The molecule has 2 nitrogen and oxygen atoms in total. The first kappa shape index (κ1) is 9.99. The van der Waals surface area contributed by atoms with Gasteiger partial charge in [0.2, 0.25) is 0 Å². The van der Waals surface area contributed by atoms with E-state index in [1.807, 2.05) is 31.2 Å². The Morgan fingerprint density at radius 3 is 2.50 bits per heavy atom. The zero-order valence-electron chi connectivity index (χ0n) is 8.03. The molecule has 1 aliphatic carbocycles. The van der Waals surface area contributed by atoms with Gasteiger partial charge in [-0.3, -0.25) is 0 Å². The molecule has 1 fully saturated rings. The summed E-state index contributed by atoms with van der Waals surface area (Å²) in [6.45, 7) is 1.82. The zero-order valence-corrected chi connectivity index (χ0v) is 9.62. The van der Waals surface area contributed by atoms with Gasteiger partial charge in [0.25, 0.3) is 0 Å². The minimum absolute atomic E-state index is 0.0522. The van der Waals surface area contributed by atoms with E-state index in [4.69, 9.17) is 4.74 Å². The molecule has 0 aliphatic heterocycles. The predicted octanol–water partition coefficient (Wildman–Crippen LogP) is 2.74. The highest BCUT2D eigenvalue weighted by molar-refractivity contribution is 9.10. The van der Waals surface area contributed by atoms with Crippen molar-refractivity contribution in [2.45, 2.75) is 31.5 Å². The van der Waals surface area contributed by atoms with Gasteiger partial charge in [-0.2, -0.15) is 0 Å². The van der Waals surface area contributed by atoms with E-state index in [-0.39, 0.29) is 6.10 Å². The number of halogens is 1. The normalized spacial score (nSPS) is 30.9. The molecule has 1 aromatic rings. The highest BCUT2D eigenvalue weighted by Crippen LogP contribution is 2.35. The summed E-state index contributed by atoms with van der Waals surface area (Å²) in [4.78, 5) is 0. The van der Waals surface area contributed by atoms with E-state index in [2.05, 4.69) is 15.9 Å². The summed E-state index contributed by atoms with van der Waals surface area (Å²) in [6.07, 6.45) is 1.71. The Morgan fingerprint density at radius 2 is 2.07 bits per heavy atom. The zero-order chi connectivity index (χ0) is 10.2. The summed E-state index contributed by atoms with van der Waals surface area (Å²) in [6, 6.07) is 7.67. The molecule has 0 saturated heterocycles. The fourth-order valence-corrected chi connectivity index (χ4v) is 1.81. The number of hydrogen-bond acceptors (Lipinski definition) is 2. The smallest absolute Gasteiger partial charge is 0.127 e. The molecule has 1 N–H and O–H groups in total. The quantitative estimate of drug-likeness (QED) is 0.882. The second kappa shape index (κ2) is 3.55. The van der Waals surface area contributed by atoms with Crippen LogP contribution in [0, 0.1) is 0 Å². The van der Waals surface area contributed by atoms with Crippen LogP contribution in [0.15, 0.2) is 28.7 Å². The minimum atomic E-state index is -0.646. The fraction of sp³-hybridized carbons (Fsp3) is 0.455. The summed E-state index contributed by atoms with van der Waals surface area (Å²) in [7, 11) is 0. The first-order valence-electron chi connectivity index (χ1n) is 4.72. The maximum atomic E-state index is 9.75. The van der Waals surface area contributed by atoms with Gasteiger partial charge in [0, 0.05) is 4.47 Å². The van der Waals surface area contributed by atoms with Crippen LogP contribution in [0.3, 0.4) is 0 Å². The molecule has 1 saturated carbocycles. The van der Waals surface area contributed by atoms with E-state index < -0.39 is 5.60 Å². The topological polar surface area (TPSA) is 29.5 Å². The molecule has 0 unspecified atom stereocenters. The van der Waals surface area contributed by atoms with Crippen LogP contribution in [-0.4, -0.2) is 16.8 Å². The number of hydrogen-bond donors (Lipinski definition) is 1. The Hall–Kier alpha value is -0.540. The van der Waals surface area contributed by atoms with Crippen LogP contribution in [0.1, 0.15) is 19.8 Å². The molecular formula is C11H13BrO2. The number of aliphatic hydroxyl groups is 1. The molecule has 1 aromatic carbocycles. The van der Waals surface area contributed by atoms with E-state index >= 15 is 0 Å². The highest BCUT2D eigenvalue weighted by Gasteiger charge is 2.42. The lowest BCUT2D eigenvalue weighted by Crippen LogP contribution is -2.52. The first-order valence-corrected chi connectivity index (χ1v) is 5.52. The molecule has 0 bridgehead atoms. The molecule has 2 atom stereocenters. The molecule has 14 heavy (non-hydrogen) atoms. The van der Waals surface area contributed by atoms with Crippen molar-refractivity contribution in [1.29, 1.82) is 0 Å². The molecule has 0 heterocycles. The first-order chi connectivity index (χ1) is 6.58. The molecule has 0 amide bonds. The second-order valence-electron chi connectivity index (χ2n) is 3.96. The van der Waals surface area contributed by atoms with Gasteiger partial charge in [-0.15, -0.1) is 0 Å². The number of ether oxygens (including phenoxy) is 1. The standard InChI is InChI=1S/C11H13BrO2/c1-11(13)7-6-10(11)14-9-4-2-8(12)3-5-9/h2-5,10,13H,6-7H2,1H3/t10-,11-/m0/s1. The summed E-state index contributed by atoms with van der Waals surface area (Å²) in [5, 5.41) is 9.75. The van der Waals surface area contributed by atoms with Crippen LogP contribution in [0.4, 0.5) is 0 Å². The van der Waals surface area contributed by atoms with Gasteiger partial charge in [0.05, 0.1) is 5.60 Å². The van der Waals surface area contributed by atoms with E-state index in [1.54, 1.807) is 0 Å². The Morgan fingerprint density at radius 1 is 1.43 bits per heavy atom. The van der Waals surface area contributed by atoms with Crippen LogP contribution < -0.4 is 4.74 Å². The fourth-order valence-electron chi connectivity index (χ4n) is 1.54. The van der Waals surface area contributed by atoms with Crippen LogP contribution >= 0.6 is 15.9 Å². The monoisotopic (exact) mass is 256 g/mol. The van der Waals surface area contributed by atoms with Gasteiger partial charge in [-0.05, 0) is 44.0 Å². The third-order valence-corrected chi connectivity index (χ3v) is 3.23. The van der Waals surface area contributed by atoms with Gasteiger partial charge in [-0.25, -0.2) is 0 Å². The number of benzene rings is 1. The lowest BCUT2D eigenvalue weighted by atomic mass is 9.78. The Labute approximate surface area is 92.0 Å². The second-order valence-corrected chi connectivity index (χ2v) is 4.87. The molecule has 2 rings (SSSR count). The molecule has 3 heteroatoms. The summed E-state index contributed by atoms with van der Waals surface area (Å²) < 4.78 is 6.68. The summed E-state index contributed by atoms with van der Waals surface area (Å²) >= 11 is 3.36. The van der Waals surface area contributed by atoms with Crippen molar-refractivity contribution in [3.63, 3.8) is 0 Å². The van der Waals surface area contributed by atoms with Gasteiger partial charge >= 0.3 is 0 Å². The minimum Gasteiger partial charge on any atom is -0.487 e. The van der Waals surface area contributed by atoms with Crippen LogP contribution in [0.25, 0.3) is 0 Å². The van der Waals surface area contributed by atoms with E-state index in [0.717, 1.165) is 23.1 Å². The van der Waals surface area contributed by atoms with Crippen molar-refractivity contribution in [2.75, 3.05) is 0 Å². The van der Waals surface area contributed by atoms with Crippen LogP contribution in [-0.2, 0) is 0 Å². The van der Waals surface area contributed by atoms with Crippen molar-refractivity contribution in [1.82, 2.24) is 0 Å². The Bertz CT molecular complexity index is 319. The summed E-state index contributed by atoms with van der Waals surface area (Å²) in [5.41, 5.74) is -0.646. The van der Waals surface area contributed by atoms with Crippen molar-refractivity contribution >= 4 is 15.9 Å². The third kappa shape index (κ3) is 1.93. The van der Waals surface area contributed by atoms with Crippen LogP contribution in [0.5, 0.6) is 5.75 Å². The van der Waals surface area contributed by atoms with Crippen molar-refractivity contribution < 1.29 is 9.84 Å². The van der Waals surface area contributed by atoms with Crippen molar-refractivity contribution in [2.24, 2.45) is 0 Å². The van der Waals surface area contributed by atoms with Gasteiger partial charge in [-0.1, -0.05) is 15.9 Å². The summed E-state index contributed by atoms with van der Waals surface area (Å²) in [5.74, 6) is 0.818. The highest BCUT2D eigenvalue weighted by atomic mass is 79.9. The van der Waals surface area contributed by atoms with E-state index in [1.165, 1.54) is 0 Å². The predicted molar refractivity (Wildman–Crippen MR) is 58.4 cm³/mol. The molecule has 0 spiro atoms. The lowest BCUT2D eigenvalue weighted by molar-refractivity contribution is -0.118. The maximum Gasteiger partial charge on any atom is 0.127 e.